The van der Waals surface area contributed by atoms with Crippen molar-refractivity contribution in [3.05, 3.63) is 165 Å². The molecule has 0 saturated heterocycles. The summed E-state index contributed by atoms with van der Waals surface area (Å²) < 4.78 is 0. The van der Waals surface area contributed by atoms with Gasteiger partial charge in [-0.05, 0) is 0 Å². The van der Waals surface area contributed by atoms with Gasteiger partial charge in [-0.2, -0.15) is 24.2 Å². The minimum atomic E-state index is 0.401. The molecule has 0 aromatic heterocycles. The fourth-order valence-electron chi connectivity index (χ4n) is 6.26. The van der Waals surface area contributed by atoms with E-state index in [0.29, 0.717) is 24.2 Å². The van der Waals surface area contributed by atoms with E-state index in [0.717, 1.165) is 26.2 Å². The first kappa shape index (κ1) is 38.0. The molecule has 0 N–H and O–H groups in total. The molecule has 256 valence electrons. The Labute approximate surface area is 304 Å². The van der Waals surface area contributed by atoms with Gasteiger partial charge >= 0.3 is 39.3 Å². The monoisotopic (exact) mass is 800 g/mol. The molecule has 47 heavy (non-hydrogen) atoms. The maximum Gasteiger partial charge on any atom is -0.0548 e. The maximum absolute atomic E-state index is 4.95. The predicted octanol–water partition coefficient (Wildman–Crippen LogP) is 12.6. The number of nitrogens with zero attached hydrogens (tertiary/aromatic N) is 4. The van der Waals surface area contributed by atoms with Crippen molar-refractivity contribution in [2.45, 2.75) is 102 Å². The zero-order chi connectivity index (χ0) is 32.8. The second-order valence-electron chi connectivity index (χ2n) is 12.2. The van der Waals surface area contributed by atoms with Crippen molar-refractivity contribution in [2.24, 2.45) is 0 Å². The van der Waals surface area contributed by atoms with Crippen LogP contribution in [0, 0.1) is 0 Å². The Bertz CT molecular complexity index is 1110. The van der Waals surface area contributed by atoms with Crippen LogP contribution in [0.2, 0.25) is 0 Å². The maximum atomic E-state index is 4.95. The number of hydrogen-bond acceptors (Lipinski definition) is 0. The van der Waals surface area contributed by atoms with E-state index in [1.807, 2.05) is 0 Å². The molecule has 0 spiro atoms. The standard InChI is InChI=1S/2C20H24N2.2BrH.Ni/c2*1-3-9-17(10-4-1)15-21-19-13-7-8-14-20(19)22-16-18-11-5-2-6-12-18;;;/h2*1-6,9-12,19-20H,7-8,13-16H2;2*1H;/q2*-2;;;+2/p-2/t19-,20?;19-,20-;;;/m00.../s1. The summed E-state index contributed by atoms with van der Waals surface area (Å²) in [5, 5.41) is 19.8. The molecule has 4 aromatic rings. The zero-order valence-corrected chi connectivity index (χ0v) is 31.4. The Morgan fingerprint density at radius 2 is 0.574 bits per heavy atom. The van der Waals surface area contributed by atoms with E-state index in [-0.39, 0.29) is 0 Å². The summed E-state index contributed by atoms with van der Waals surface area (Å²) in [4.78, 5) is 0. The van der Waals surface area contributed by atoms with Gasteiger partial charge in [0.15, 0.2) is 0 Å². The van der Waals surface area contributed by atoms with Crippen LogP contribution in [-0.4, -0.2) is 24.2 Å². The molecule has 0 amide bonds. The summed E-state index contributed by atoms with van der Waals surface area (Å²) in [6, 6.07) is 43.8. The summed E-state index contributed by atoms with van der Waals surface area (Å²) in [6.45, 7) is 3.29. The van der Waals surface area contributed by atoms with Crippen LogP contribution >= 0.6 is 28.5 Å². The zero-order valence-electron chi connectivity index (χ0n) is 27.2. The van der Waals surface area contributed by atoms with Crippen molar-refractivity contribution in [1.29, 1.82) is 0 Å². The third-order valence-corrected chi connectivity index (χ3v) is 8.79. The molecular formula is C40H48Br2N4Ni-4. The molecule has 7 heteroatoms. The van der Waals surface area contributed by atoms with Crippen LogP contribution in [0.15, 0.2) is 121 Å². The van der Waals surface area contributed by atoms with Gasteiger partial charge in [0, 0.05) is 0 Å². The Hall–Kier alpha value is -1.83. The van der Waals surface area contributed by atoms with Crippen LogP contribution in [-0.2, 0) is 37.1 Å². The summed E-state index contributed by atoms with van der Waals surface area (Å²) in [5.74, 6) is 0. The molecule has 1 unspecified atom stereocenters. The summed E-state index contributed by atoms with van der Waals surface area (Å²) in [6.07, 6.45) is 9.93. The van der Waals surface area contributed by atoms with Gasteiger partial charge in [0.05, 0.1) is 0 Å². The van der Waals surface area contributed by atoms with Gasteiger partial charge < -0.3 is 21.3 Å². The molecule has 4 nitrogen and oxygen atoms in total. The van der Waals surface area contributed by atoms with Gasteiger partial charge in [-0.1, -0.05) is 195 Å². The fourth-order valence-corrected chi connectivity index (χ4v) is 6.26. The van der Waals surface area contributed by atoms with Gasteiger partial charge in [-0.25, -0.2) is 0 Å². The molecule has 0 heterocycles. The molecule has 0 bridgehead atoms. The minimum absolute atomic E-state index is 0.401. The van der Waals surface area contributed by atoms with Gasteiger partial charge in [0.1, 0.15) is 0 Å². The number of hydrogen-bond donors (Lipinski definition) is 0. The van der Waals surface area contributed by atoms with E-state index in [9.17, 15) is 0 Å². The second kappa shape index (κ2) is 23.5. The smallest absolute Gasteiger partial charge is 0.0548 e. The summed E-state index contributed by atoms with van der Waals surface area (Å²) >= 11 is 6.00. The van der Waals surface area contributed by atoms with Crippen LogP contribution in [0.5, 0.6) is 0 Å². The van der Waals surface area contributed by atoms with E-state index >= 15 is 0 Å². The summed E-state index contributed by atoms with van der Waals surface area (Å²) in [7, 11) is 1.25. The summed E-state index contributed by atoms with van der Waals surface area (Å²) in [5.41, 5.74) is 5.20. The Balaban J connectivity index is 0.000000197. The van der Waals surface area contributed by atoms with E-state index in [1.165, 1.54) is 84.5 Å². The third kappa shape index (κ3) is 15.1. The van der Waals surface area contributed by atoms with Crippen molar-refractivity contribution in [3.8, 4) is 0 Å². The Morgan fingerprint density at radius 1 is 0.383 bits per heavy atom. The largest absolute Gasteiger partial charge is 0.657 e. The van der Waals surface area contributed by atoms with Crippen LogP contribution in [0.25, 0.3) is 21.3 Å². The van der Waals surface area contributed by atoms with Gasteiger partial charge in [-0.15, -0.1) is 26.2 Å². The first-order chi connectivity index (χ1) is 23.2. The van der Waals surface area contributed by atoms with Gasteiger partial charge in [0.25, 0.3) is 0 Å². The molecule has 0 aliphatic heterocycles. The van der Waals surface area contributed by atoms with E-state index in [1.54, 1.807) is 0 Å². The fraction of sp³-hybridized carbons (Fsp3) is 0.400. The van der Waals surface area contributed by atoms with Crippen molar-refractivity contribution >= 4 is 28.5 Å². The molecular weight excluding hydrogens is 755 g/mol. The molecule has 2 aliphatic carbocycles. The quantitative estimate of drug-likeness (QED) is 0.128. The average molecular weight is 803 g/mol. The first-order valence-corrected chi connectivity index (χ1v) is 21.8. The van der Waals surface area contributed by atoms with E-state index < -0.39 is 0 Å². The Kier molecular flexibility index (Phi) is 19.0. The molecule has 2 saturated carbocycles. The van der Waals surface area contributed by atoms with Crippen molar-refractivity contribution < 1.29 is 10.9 Å². The molecule has 2 aliphatic rings. The van der Waals surface area contributed by atoms with E-state index in [2.05, 4.69) is 150 Å². The van der Waals surface area contributed by atoms with Gasteiger partial charge in [0.2, 0.25) is 0 Å². The van der Waals surface area contributed by atoms with E-state index in [4.69, 9.17) is 21.3 Å². The predicted molar refractivity (Wildman–Crippen MR) is 204 cm³/mol. The molecule has 4 atom stereocenters. The number of rotatable bonds is 12. The third-order valence-electron chi connectivity index (χ3n) is 8.79. The van der Waals surface area contributed by atoms with Crippen LogP contribution in [0.1, 0.15) is 73.6 Å². The van der Waals surface area contributed by atoms with Crippen LogP contribution in [0.3, 0.4) is 0 Å². The average Bonchev–Trinajstić information content (AvgIpc) is 3.14. The molecule has 2 fully saturated rings. The normalized spacial score (nSPS) is 20.7. The minimum Gasteiger partial charge on any atom is -0.657 e. The molecule has 0 radical (unpaired) electrons. The SMILES string of the molecule is [Br][Ni][Br].c1ccc(C[N-]C2CCCC[C@@H]2[N-]Cc2ccccc2)cc1.c1ccc(C[N-][C@H]2CCCC[C@@H]2[N-]Cc2ccccc2)cc1. The van der Waals surface area contributed by atoms with Crippen molar-refractivity contribution in [2.75, 3.05) is 0 Å². The topological polar surface area (TPSA) is 56.4 Å². The second-order valence-corrected chi connectivity index (χ2v) is 17.2. The van der Waals surface area contributed by atoms with Crippen molar-refractivity contribution in [3.63, 3.8) is 0 Å². The van der Waals surface area contributed by atoms with Gasteiger partial charge in [-0.3, -0.25) is 0 Å². The van der Waals surface area contributed by atoms with Crippen molar-refractivity contribution in [1.82, 2.24) is 0 Å². The number of halogens is 2. The van der Waals surface area contributed by atoms with Crippen LogP contribution in [0.4, 0.5) is 0 Å². The Morgan fingerprint density at radius 3 is 0.766 bits per heavy atom. The number of benzene rings is 4. The molecule has 4 aromatic carbocycles. The first-order valence-electron chi connectivity index (χ1n) is 16.9. The van der Waals surface area contributed by atoms with Crippen LogP contribution < -0.4 is 0 Å². The molecule has 6 rings (SSSR count).